The van der Waals surface area contributed by atoms with E-state index in [1.54, 1.807) is 12.1 Å². The standard InChI is InChI=1S/C47H30N3O.C19H26NSi.Ir/c1-30-26-28-33(29-27-30)43-37-19-9-8-18-36(37)42-38-22-13-23-39(45(38)51-47(42)49-43)46-48-40-24-10-11-25-41(40)50(46)44-34(31-14-4-2-5-15-31)20-12-21-35(44)32-16-6-3-7-17-32;1-19(2,3)13-16-12-17(15-10-8-7-9-11-15)20-14-18(16)21(4,5)6;/h2-22,24-29H,1H3;7-10,12,14H,13H2,1-6H3;/q2*-1;/i1D3;13D2;. The van der Waals surface area contributed by atoms with Gasteiger partial charge in [-0.2, -0.15) is 0 Å². The quantitative estimate of drug-likeness (QED) is 0.112. The first kappa shape index (κ1) is 43.1. The molecule has 4 aromatic heterocycles. The third-order valence-electron chi connectivity index (χ3n) is 12.9. The Hall–Kier alpha value is -7.54. The first-order valence-electron chi connectivity index (χ1n) is 26.9. The SMILES string of the molecule is [2H]C([2H])([2H])c1ccc(-c2nc3oc4c(-c5nc6ccccc6n5-c5c(-c6ccccc6)cccc5-c5ccccc5)[c-]ccc4c3c3ccccc23)cc1.[2H]C([2H])(c1cc(-c2[c-]cccc2)ncc1[Si](C)(C)C)C(C)(C)C.[Ir]. The molecular weight excluding hydrogens is 1090 g/mol. The van der Waals surface area contributed by atoms with E-state index in [4.69, 9.17) is 21.2 Å². The van der Waals surface area contributed by atoms with E-state index in [-0.39, 0.29) is 25.7 Å². The molecule has 0 saturated heterocycles. The van der Waals surface area contributed by atoms with E-state index in [9.17, 15) is 0 Å². The zero-order valence-corrected chi connectivity index (χ0v) is 45.0. The average molecular weight is 1150 g/mol. The molecule has 0 spiro atoms. The summed E-state index contributed by atoms with van der Waals surface area (Å²) in [5.74, 6) is 0.700. The van der Waals surface area contributed by atoms with E-state index in [2.05, 4.69) is 126 Å². The molecule has 5 nitrogen and oxygen atoms in total. The molecule has 0 aliphatic carbocycles. The Morgan fingerprint density at radius 2 is 1.30 bits per heavy atom. The van der Waals surface area contributed by atoms with Crippen LogP contribution in [-0.2, 0) is 26.5 Å². The molecule has 0 aliphatic rings. The molecule has 0 N–H and O–H groups in total. The van der Waals surface area contributed by atoms with E-state index in [0.717, 1.165) is 99.3 Å². The monoisotopic (exact) mass is 1150 g/mol. The summed E-state index contributed by atoms with van der Waals surface area (Å²) in [7, 11) is -1.70. The van der Waals surface area contributed by atoms with Crippen LogP contribution in [0.4, 0.5) is 0 Å². The van der Waals surface area contributed by atoms with Crippen LogP contribution in [0.25, 0.3) is 106 Å². The normalized spacial score (nSPS) is 13.1. The number of aryl methyl sites for hydroxylation is 1. The summed E-state index contributed by atoms with van der Waals surface area (Å²) in [6.45, 7) is 10.4. The molecule has 12 rings (SSSR count). The van der Waals surface area contributed by atoms with Gasteiger partial charge in [-0.25, -0.2) is 4.98 Å². The summed E-state index contributed by atoms with van der Waals surface area (Å²) in [5.41, 5.74) is 12.8. The number of hydrogen-bond acceptors (Lipinski definition) is 4. The molecule has 0 atom stereocenters. The van der Waals surface area contributed by atoms with Gasteiger partial charge in [-0.3, -0.25) is 4.98 Å². The molecule has 73 heavy (non-hydrogen) atoms. The van der Waals surface area contributed by atoms with Gasteiger partial charge in [0.25, 0.3) is 0 Å². The summed E-state index contributed by atoms with van der Waals surface area (Å²) in [6, 6.07) is 71.0. The second-order valence-electron chi connectivity index (χ2n) is 20.2. The maximum absolute atomic E-state index is 8.75. The van der Waals surface area contributed by atoms with Crippen molar-refractivity contribution >= 4 is 57.1 Å². The molecule has 0 aliphatic heterocycles. The van der Waals surface area contributed by atoms with Crippen LogP contribution in [0, 0.1) is 24.4 Å². The van der Waals surface area contributed by atoms with Crippen molar-refractivity contribution in [3.63, 3.8) is 0 Å². The number of aromatic nitrogens is 4. The van der Waals surface area contributed by atoms with Crippen LogP contribution in [-0.4, -0.2) is 27.6 Å². The van der Waals surface area contributed by atoms with Crippen LogP contribution < -0.4 is 5.19 Å². The largest absolute Gasteiger partial charge is 0.486 e. The van der Waals surface area contributed by atoms with Crippen LogP contribution in [0.15, 0.2) is 205 Å². The molecule has 7 heteroatoms. The number of benzene rings is 8. The Kier molecular flexibility index (Phi) is 11.9. The molecule has 0 amide bonds. The summed E-state index contributed by atoms with van der Waals surface area (Å²) < 4.78 is 50.1. The summed E-state index contributed by atoms with van der Waals surface area (Å²) in [4.78, 5) is 15.0. The Labute approximate surface area is 450 Å². The molecule has 0 unspecified atom stereocenters. The van der Waals surface area contributed by atoms with Crippen LogP contribution in [0.2, 0.25) is 19.6 Å². The molecule has 8 aromatic carbocycles. The molecule has 0 saturated carbocycles. The third kappa shape index (κ3) is 9.77. The summed E-state index contributed by atoms with van der Waals surface area (Å²) in [6.07, 6.45) is 0.469. The maximum Gasteiger partial charge on any atom is 0.217 e. The van der Waals surface area contributed by atoms with Gasteiger partial charge in [-0.05, 0) is 58.2 Å². The van der Waals surface area contributed by atoms with Crippen LogP contribution in [0.1, 0.15) is 38.8 Å². The first-order chi connectivity index (χ1) is 36.9. The summed E-state index contributed by atoms with van der Waals surface area (Å²) in [5, 5.41) is 4.83. The minimum atomic E-state index is -2.19. The average Bonchev–Trinajstić information content (AvgIpc) is 3.95. The minimum Gasteiger partial charge on any atom is -0.486 e. The van der Waals surface area contributed by atoms with Gasteiger partial charge in [-0.15, -0.1) is 54.1 Å². The summed E-state index contributed by atoms with van der Waals surface area (Å²) >= 11 is 0. The molecule has 0 fully saturated rings. The number of para-hydroxylation sites is 3. The van der Waals surface area contributed by atoms with Crippen molar-refractivity contribution in [2.45, 2.75) is 53.6 Å². The van der Waals surface area contributed by atoms with Crippen LogP contribution >= 0.6 is 0 Å². The first-order valence-corrected chi connectivity index (χ1v) is 27.9. The fourth-order valence-corrected chi connectivity index (χ4v) is 11.0. The van der Waals surface area contributed by atoms with Gasteiger partial charge in [0, 0.05) is 60.6 Å². The predicted molar refractivity (Wildman–Crippen MR) is 304 cm³/mol. The van der Waals surface area contributed by atoms with Crippen LogP contribution in [0.3, 0.4) is 0 Å². The van der Waals surface area contributed by atoms with Gasteiger partial charge in [0.2, 0.25) is 5.71 Å². The molecule has 1 radical (unpaired) electrons. The topological polar surface area (TPSA) is 56.7 Å². The van der Waals surface area contributed by atoms with Crippen molar-refractivity contribution in [1.82, 2.24) is 19.5 Å². The van der Waals surface area contributed by atoms with E-state index in [1.807, 2.05) is 124 Å². The number of imidazole rings is 1. The molecule has 0 bridgehead atoms. The van der Waals surface area contributed by atoms with Crippen LogP contribution in [0.5, 0.6) is 0 Å². The van der Waals surface area contributed by atoms with E-state index < -0.39 is 26.7 Å². The Morgan fingerprint density at radius 3 is 1.96 bits per heavy atom. The maximum atomic E-state index is 8.75. The van der Waals surface area contributed by atoms with E-state index in [1.165, 1.54) is 0 Å². The zero-order valence-electron chi connectivity index (χ0n) is 46.6. The van der Waals surface area contributed by atoms with Gasteiger partial charge in [0.15, 0.2) is 0 Å². The van der Waals surface area contributed by atoms with Gasteiger partial charge in [0.05, 0.1) is 41.9 Å². The van der Waals surface area contributed by atoms with E-state index >= 15 is 0 Å². The van der Waals surface area contributed by atoms with Gasteiger partial charge in [0.1, 0.15) is 0 Å². The van der Waals surface area contributed by atoms with Crippen molar-refractivity contribution < 1.29 is 31.4 Å². The number of furan rings is 1. The number of fused-ring (bicyclic) bond motifs is 6. The Morgan fingerprint density at radius 1 is 0.644 bits per heavy atom. The predicted octanol–water partition coefficient (Wildman–Crippen LogP) is 16.9. The second-order valence-corrected chi connectivity index (χ2v) is 25.2. The van der Waals surface area contributed by atoms with Gasteiger partial charge < -0.3 is 14.0 Å². The van der Waals surface area contributed by atoms with Crippen molar-refractivity contribution in [2.24, 2.45) is 5.41 Å². The Balaban J connectivity index is 0.000000242. The van der Waals surface area contributed by atoms with Crippen molar-refractivity contribution in [3.8, 4) is 61.8 Å². The van der Waals surface area contributed by atoms with Crippen molar-refractivity contribution in [1.29, 1.82) is 0 Å². The molecule has 12 aromatic rings. The molecule has 361 valence electrons. The fourth-order valence-electron chi connectivity index (χ4n) is 9.64. The fraction of sp³-hybridized carbons (Fsp3) is 0.136. The minimum absolute atomic E-state index is 0. The van der Waals surface area contributed by atoms with Gasteiger partial charge >= 0.3 is 0 Å². The molecular formula is C66H56IrN4OSi-2. The van der Waals surface area contributed by atoms with Gasteiger partial charge in [-0.1, -0.05) is 208 Å². The smallest absolute Gasteiger partial charge is 0.217 e. The van der Waals surface area contributed by atoms with E-state index in [0.29, 0.717) is 17.1 Å². The zero-order chi connectivity index (χ0) is 53.9. The molecule has 4 heterocycles. The number of pyridine rings is 2. The number of rotatable bonds is 8. The number of hydrogen-bond donors (Lipinski definition) is 0. The number of nitrogens with zero attached hydrogens (tertiary/aromatic N) is 4. The Bertz CT molecular complexity index is 4070. The van der Waals surface area contributed by atoms with Crippen molar-refractivity contribution in [3.05, 3.63) is 224 Å². The third-order valence-corrected chi connectivity index (χ3v) is 14.9. The second kappa shape index (κ2) is 20.2. The van der Waals surface area contributed by atoms with Crippen molar-refractivity contribution in [2.75, 3.05) is 0 Å².